The molecule has 0 spiro atoms. The lowest BCUT2D eigenvalue weighted by Crippen LogP contribution is -2.18. The molecule has 0 atom stereocenters. The molecule has 0 saturated carbocycles. The van der Waals surface area contributed by atoms with Crippen LogP contribution in [0.5, 0.6) is 5.75 Å². The van der Waals surface area contributed by atoms with Gasteiger partial charge < -0.3 is 10.5 Å². The molecule has 0 heterocycles. The Bertz CT molecular complexity index is 693. The van der Waals surface area contributed by atoms with E-state index in [4.69, 9.17) is 5.73 Å². The molecular weight excluding hydrogens is 324 g/mol. The second-order valence-electron chi connectivity index (χ2n) is 4.63. The van der Waals surface area contributed by atoms with Gasteiger partial charge in [0.15, 0.2) is 0 Å². The number of nitrogens with two attached hydrogens (primary N) is 1. The van der Waals surface area contributed by atoms with Gasteiger partial charge >= 0.3 is 12.5 Å². The van der Waals surface area contributed by atoms with Crippen LogP contribution in [0.1, 0.15) is 11.1 Å². The van der Waals surface area contributed by atoms with E-state index in [1.807, 2.05) is 0 Å². The molecule has 2 nitrogen and oxygen atoms in total. The van der Waals surface area contributed by atoms with Gasteiger partial charge in [0.2, 0.25) is 0 Å². The summed E-state index contributed by atoms with van der Waals surface area (Å²) in [5.74, 6) is -0.703. The zero-order valence-corrected chi connectivity index (χ0v) is 11.5. The summed E-state index contributed by atoms with van der Waals surface area (Å²) in [6.45, 7) is -0.121. The van der Waals surface area contributed by atoms with Gasteiger partial charge in [-0.1, -0.05) is 30.3 Å². The highest BCUT2D eigenvalue weighted by Crippen LogP contribution is 2.41. The Hall–Kier alpha value is -2.22. The van der Waals surface area contributed by atoms with Crippen LogP contribution >= 0.6 is 0 Å². The average Bonchev–Trinajstić information content (AvgIpc) is 2.45. The van der Waals surface area contributed by atoms with Gasteiger partial charge in [-0.15, -0.1) is 13.2 Å². The number of ether oxygens (including phenoxy) is 1. The van der Waals surface area contributed by atoms with Crippen LogP contribution in [0.3, 0.4) is 0 Å². The third-order valence-electron chi connectivity index (χ3n) is 3.03. The lowest BCUT2D eigenvalue weighted by Gasteiger charge is -2.18. The van der Waals surface area contributed by atoms with E-state index in [1.165, 1.54) is 18.2 Å². The van der Waals surface area contributed by atoms with Crippen LogP contribution in [0.25, 0.3) is 11.1 Å². The Kier molecular flexibility index (Phi) is 4.56. The number of para-hydroxylation sites is 1. The first-order valence-corrected chi connectivity index (χ1v) is 6.37. The number of rotatable bonds is 3. The zero-order chi connectivity index (χ0) is 17.3. The van der Waals surface area contributed by atoms with Crippen LogP contribution < -0.4 is 10.5 Å². The molecule has 2 aromatic carbocycles. The highest BCUT2D eigenvalue weighted by molar-refractivity contribution is 5.74. The van der Waals surface area contributed by atoms with E-state index in [-0.39, 0.29) is 17.7 Å². The van der Waals surface area contributed by atoms with Crippen LogP contribution in [0.4, 0.5) is 26.3 Å². The fourth-order valence-corrected chi connectivity index (χ4v) is 2.09. The molecule has 0 fully saturated rings. The van der Waals surface area contributed by atoms with Crippen LogP contribution in [-0.2, 0) is 12.7 Å². The number of alkyl halides is 6. The molecule has 0 radical (unpaired) electrons. The van der Waals surface area contributed by atoms with E-state index in [1.54, 1.807) is 0 Å². The quantitative estimate of drug-likeness (QED) is 0.823. The van der Waals surface area contributed by atoms with Crippen molar-refractivity contribution < 1.29 is 31.1 Å². The standard InChI is InChI=1S/C15H11F6NO/c16-14(17,18)12-7-9(8-22)5-6-10(12)11-3-1-2-4-13(11)23-15(19,20)21/h1-7H,8,22H2. The minimum Gasteiger partial charge on any atom is -0.405 e. The highest BCUT2D eigenvalue weighted by atomic mass is 19.4. The molecule has 0 aliphatic rings. The molecule has 8 heteroatoms. The number of benzene rings is 2. The molecule has 0 saturated heterocycles. The van der Waals surface area contributed by atoms with Crippen molar-refractivity contribution in [1.29, 1.82) is 0 Å². The molecule has 124 valence electrons. The Morgan fingerprint density at radius 2 is 1.52 bits per heavy atom. The predicted octanol–water partition coefficient (Wildman–Crippen LogP) is 4.73. The summed E-state index contributed by atoms with van der Waals surface area (Å²) in [5, 5.41) is 0. The molecule has 0 unspecified atom stereocenters. The summed E-state index contributed by atoms with van der Waals surface area (Å²) in [6.07, 6.45) is -9.75. The van der Waals surface area contributed by atoms with Gasteiger partial charge in [0.25, 0.3) is 0 Å². The molecule has 2 aromatic rings. The average molecular weight is 335 g/mol. The molecule has 2 N–H and O–H groups in total. The summed E-state index contributed by atoms with van der Waals surface area (Å²) in [5.41, 5.74) is 3.76. The lowest BCUT2D eigenvalue weighted by atomic mass is 9.96. The Balaban J connectivity index is 2.63. The molecule has 0 amide bonds. The van der Waals surface area contributed by atoms with Crippen molar-refractivity contribution in [1.82, 2.24) is 0 Å². The van der Waals surface area contributed by atoms with E-state index < -0.39 is 29.4 Å². The third-order valence-corrected chi connectivity index (χ3v) is 3.03. The van der Waals surface area contributed by atoms with E-state index >= 15 is 0 Å². The van der Waals surface area contributed by atoms with Crippen LogP contribution in [0.2, 0.25) is 0 Å². The van der Waals surface area contributed by atoms with Crippen molar-refractivity contribution >= 4 is 0 Å². The Morgan fingerprint density at radius 1 is 0.870 bits per heavy atom. The van der Waals surface area contributed by atoms with Crippen LogP contribution in [0, 0.1) is 0 Å². The normalized spacial score (nSPS) is 12.3. The smallest absolute Gasteiger partial charge is 0.405 e. The van der Waals surface area contributed by atoms with E-state index in [9.17, 15) is 26.3 Å². The van der Waals surface area contributed by atoms with E-state index in [2.05, 4.69) is 4.74 Å². The first kappa shape index (κ1) is 17.1. The summed E-state index contributed by atoms with van der Waals surface area (Å²) < 4.78 is 80.8. The van der Waals surface area contributed by atoms with Gasteiger partial charge in [0.1, 0.15) is 5.75 Å². The first-order chi connectivity index (χ1) is 10.6. The van der Waals surface area contributed by atoms with Gasteiger partial charge in [-0.25, -0.2) is 0 Å². The maximum atomic E-state index is 13.2. The van der Waals surface area contributed by atoms with Crippen molar-refractivity contribution in [2.24, 2.45) is 5.73 Å². The van der Waals surface area contributed by atoms with Gasteiger partial charge in [0, 0.05) is 12.1 Å². The van der Waals surface area contributed by atoms with Gasteiger partial charge in [0.05, 0.1) is 5.56 Å². The minimum atomic E-state index is -5.01. The van der Waals surface area contributed by atoms with Crippen molar-refractivity contribution in [3.8, 4) is 16.9 Å². The summed E-state index contributed by atoms with van der Waals surface area (Å²) in [4.78, 5) is 0. The molecule has 2 rings (SSSR count). The number of hydrogen-bond acceptors (Lipinski definition) is 2. The van der Waals surface area contributed by atoms with Crippen LogP contribution in [0.15, 0.2) is 42.5 Å². The molecule has 0 aliphatic heterocycles. The maximum absolute atomic E-state index is 13.2. The van der Waals surface area contributed by atoms with Crippen molar-refractivity contribution in [2.45, 2.75) is 19.1 Å². The summed E-state index contributed by atoms with van der Waals surface area (Å²) in [7, 11) is 0. The summed E-state index contributed by atoms with van der Waals surface area (Å²) >= 11 is 0. The number of halogens is 6. The van der Waals surface area contributed by atoms with Crippen LogP contribution in [-0.4, -0.2) is 6.36 Å². The Morgan fingerprint density at radius 3 is 2.09 bits per heavy atom. The second kappa shape index (κ2) is 6.11. The number of hydrogen-bond donors (Lipinski definition) is 1. The lowest BCUT2D eigenvalue weighted by molar-refractivity contribution is -0.274. The van der Waals surface area contributed by atoms with Gasteiger partial charge in [-0.2, -0.15) is 13.2 Å². The minimum absolute atomic E-state index is 0.121. The summed E-state index contributed by atoms with van der Waals surface area (Å²) in [6, 6.07) is 7.90. The Labute approximate surface area is 127 Å². The topological polar surface area (TPSA) is 35.2 Å². The fraction of sp³-hybridized carbons (Fsp3) is 0.200. The SMILES string of the molecule is NCc1ccc(-c2ccccc2OC(F)(F)F)c(C(F)(F)F)c1. The predicted molar refractivity (Wildman–Crippen MR) is 71.5 cm³/mol. The molecule has 0 bridgehead atoms. The van der Waals surface area contributed by atoms with Gasteiger partial charge in [-0.05, 0) is 23.3 Å². The zero-order valence-electron chi connectivity index (χ0n) is 11.5. The van der Waals surface area contributed by atoms with Crippen molar-refractivity contribution in [3.05, 3.63) is 53.6 Å². The third kappa shape index (κ3) is 4.16. The van der Waals surface area contributed by atoms with E-state index in [0.29, 0.717) is 0 Å². The first-order valence-electron chi connectivity index (χ1n) is 6.37. The molecule has 0 aromatic heterocycles. The molecule has 23 heavy (non-hydrogen) atoms. The monoisotopic (exact) mass is 335 g/mol. The second-order valence-corrected chi connectivity index (χ2v) is 4.63. The molecule has 0 aliphatic carbocycles. The van der Waals surface area contributed by atoms with Crippen molar-refractivity contribution in [3.63, 3.8) is 0 Å². The maximum Gasteiger partial charge on any atom is 0.573 e. The fourth-order valence-electron chi connectivity index (χ4n) is 2.09. The van der Waals surface area contributed by atoms with E-state index in [0.717, 1.165) is 24.3 Å². The van der Waals surface area contributed by atoms with Crippen molar-refractivity contribution in [2.75, 3.05) is 0 Å². The largest absolute Gasteiger partial charge is 0.573 e. The van der Waals surface area contributed by atoms with Gasteiger partial charge in [-0.3, -0.25) is 0 Å². The molecular formula is C15H11F6NO. The highest BCUT2D eigenvalue weighted by Gasteiger charge is 2.36.